The molecule has 132 valence electrons. The average molecular weight is 332 g/mol. The minimum Gasteiger partial charge on any atom is -0.337 e. The fourth-order valence-electron chi connectivity index (χ4n) is 5.51. The molecule has 5 nitrogen and oxygen atoms in total. The van der Waals surface area contributed by atoms with Crippen LogP contribution >= 0.6 is 0 Å². The first-order chi connectivity index (χ1) is 11.6. The highest BCUT2D eigenvalue weighted by Gasteiger charge is 2.47. The summed E-state index contributed by atoms with van der Waals surface area (Å²) in [4.78, 5) is 40.6. The van der Waals surface area contributed by atoms with E-state index in [0.717, 1.165) is 25.7 Å². The molecule has 3 heterocycles. The van der Waals surface area contributed by atoms with Gasteiger partial charge in [-0.1, -0.05) is 19.3 Å². The molecule has 3 amide bonds. The summed E-state index contributed by atoms with van der Waals surface area (Å²) in [5.74, 6) is 0.884. The molecule has 3 saturated heterocycles. The standard InChI is InChI=1S/C19H28N2O3/c22-17-8-9-18(23)21(17)16-11-14-6-7-15(12-16)20(14)19(24)10-13-4-2-1-3-5-13/h13-16H,1-12H2. The van der Waals surface area contributed by atoms with Gasteiger partial charge in [0.05, 0.1) is 0 Å². The van der Waals surface area contributed by atoms with Gasteiger partial charge in [0.2, 0.25) is 17.7 Å². The summed E-state index contributed by atoms with van der Waals surface area (Å²) in [5, 5.41) is 0. The van der Waals surface area contributed by atoms with Gasteiger partial charge in [-0.2, -0.15) is 0 Å². The molecule has 0 aromatic carbocycles. The number of hydrogen-bond donors (Lipinski definition) is 0. The highest BCUT2D eigenvalue weighted by molar-refractivity contribution is 6.02. The van der Waals surface area contributed by atoms with E-state index < -0.39 is 0 Å². The van der Waals surface area contributed by atoms with Crippen LogP contribution in [-0.2, 0) is 14.4 Å². The third-order valence-electron chi connectivity index (χ3n) is 6.64. The number of hydrogen-bond acceptors (Lipinski definition) is 3. The van der Waals surface area contributed by atoms with Crippen LogP contribution in [0.4, 0.5) is 0 Å². The number of carbonyl (C=O) groups excluding carboxylic acids is 3. The van der Waals surface area contributed by atoms with E-state index in [0.29, 0.717) is 31.1 Å². The molecular weight excluding hydrogens is 304 g/mol. The summed E-state index contributed by atoms with van der Waals surface area (Å²) in [5.41, 5.74) is 0. The van der Waals surface area contributed by atoms with Crippen molar-refractivity contribution in [1.82, 2.24) is 9.80 Å². The highest BCUT2D eigenvalue weighted by Crippen LogP contribution is 2.40. The van der Waals surface area contributed by atoms with Gasteiger partial charge in [0, 0.05) is 37.4 Å². The molecule has 2 unspecified atom stereocenters. The summed E-state index contributed by atoms with van der Waals surface area (Å²) in [6, 6.07) is 0.515. The zero-order chi connectivity index (χ0) is 16.7. The van der Waals surface area contributed by atoms with Gasteiger partial charge in [0.1, 0.15) is 0 Å². The van der Waals surface area contributed by atoms with Crippen molar-refractivity contribution in [2.24, 2.45) is 5.92 Å². The van der Waals surface area contributed by atoms with Gasteiger partial charge in [-0.3, -0.25) is 19.3 Å². The van der Waals surface area contributed by atoms with Crippen molar-refractivity contribution in [2.75, 3.05) is 0 Å². The maximum Gasteiger partial charge on any atom is 0.229 e. The second kappa shape index (κ2) is 6.49. The van der Waals surface area contributed by atoms with Crippen LogP contribution in [0, 0.1) is 5.92 Å². The first kappa shape index (κ1) is 16.1. The first-order valence-electron chi connectivity index (χ1n) is 9.79. The molecule has 24 heavy (non-hydrogen) atoms. The molecule has 0 radical (unpaired) electrons. The Hall–Kier alpha value is -1.39. The molecule has 0 aromatic heterocycles. The monoisotopic (exact) mass is 332 g/mol. The number of nitrogens with zero attached hydrogens (tertiary/aromatic N) is 2. The van der Waals surface area contributed by atoms with Crippen LogP contribution in [-0.4, -0.2) is 45.6 Å². The Balaban J connectivity index is 1.40. The maximum absolute atomic E-state index is 12.9. The maximum atomic E-state index is 12.9. The van der Waals surface area contributed by atoms with Crippen molar-refractivity contribution >= 4 is 17.7 Å². The quantitative estimate of drug-likeness (QED) is 0.747. The van der Waals surface area contributed by atoms with E-state index in [-0.39, 0.29) is 29.9 Å². The molecule has 1 saturated carbocycles. The fraction of sp³-hybridized carbons (Fsp3) is 0.842. The van der Waals surface area contributed by atoms with Crippen LogP contribution in [0.25, 0.3) is 0 Å². The third-order valence-corrected chi connectivity index (χ3v) is 6.64. The van der Waals surface area contributed by atoms with Crippen LogP contribution in [0.15, 0.2) is 0 Å². The molecule has 1 aliphatic carbocycles. The van der Waals surface area contributed by atoms with Gasteiger partial charge in [-0.25, -0.2) is 0 Å². The molecule has 4 aliphatic rings. The van der Waals surface area contributed by atoms with E-state index in [1.807, 2.05) is 0 Å². The van der Waals surface area contributed by atoms with Crippen LogP contribution in [0.1, 0.15) is 77.0 Å². The molecule has 0 aromatic rings. The van der Waals surface area contributed by atoms with Gasteiger partial charge < -0.3 is 4.90 Å². The van der Waals surface area contributed by atoms with Gasteiger partial charge >= 0.3 is 0 Å². The van der Waals surface area contributed by atoms with Gasteiger partial charge in [0.15, 0.2) is 0 Å². The lowest BCUT2D eigenvalue weighted by molar-refractivity contribution is -0.144. The van der Waals surface area contributed by atoms with Crippen molar-refractivity contribution in [1.29, 1.82) is 0 Å². The van der Waals surface area contributed by atoms with Crippen molar-refractivity contribution in [3.63, 3.8) is 0 Å². The number of rotatable bonds is 3. The number of imide groups is 1. The van der Waals surface area contributed by atoms with Crippen molar-refractivity contribution in [3.05, 3.63) is 0 Å². The first-order valence-corrected chi connectivity index (χ1v) is 9.79. The largest absolute Gasteiger partial charge is 0.337 e. The highest BCUT2D eigenvalue weighted by atomic mass is 16.2. The predicted molar refractivity (Wildman–Crippen MR) is 89.0 cm³/mol. The van der Waals surface area contributed by atoms with E-state index >= 15 is 0 Å². The number of amides is 3. The van der Waals surface area contributed by atoms with Crippen molar-refractivity contribution < 1.29 is 14.4 Å². The Labute approximate surface area is 143 Å². The number of carbonyl (C=O) groups is 3. The number of fused-ring (bicyclic) bond motifs is 2. The summed E-state index contributed by atoms with van der Waals surface area (Å²) in [7, 11) is 0. The smallest absolute Gasteiger partial charge is 0.229 e. The molecule has 4 rings (SSSR count). The zero-order valence-electron chi connectivity index (χ0n) is 14.4. The molecule has 2 bridgehead atoms. The lowest BCUT2D eigenvalue weighted by atomic mass is 9.86. The summed E-state index contributed by atoms with van der Waals surface area (Å²) in [6.07, 6.45) is 11.4. The Morgan fingerprint density at radius 3 is 2.00 bits per heavy atom. The molecule has 5 heteroatoms. The van der Waals surface area contributed by atoms with Gasteiger partial charge in [0.25, 0.3) is 0 Å². The second-order valence-corrected chi connectivity index (χ2v) is 8.18. The minimum absolute atomic E-state index is 0.00798. The van der Waals surface area contributed by atoms with Crippen molar-refractivity contribution in [3.8, 4) is 0 Å². The molecule has 0 spiro atoms. The lowest BCUT2D eigenvalue weighted by Crippen LogP contribution is -2.53. The zero-order valence-corrected chi connectivity index (χ0v) is 14.4. The number of likely N-dealkylation sites (tertiary alicyclic amines) is 1. The van der Waals surface area contributed by atoms with Crippen LogP contribution in [0.5, 0.6) is 0 Å². The fourth-order valence-corrected chi connectivity index (χ4v) is 5.51. The van der Waals surface area contributed by atoms with Gasteiger partial charge in [-0.15, -0.1) is 0 Å². The van der Waals surface area contributed by atoms with Gasteiger partial charge in [-0.05, 0) is 44.4 Å². The molecule has 2 atom stereocenters. The SMILES string of the molecule is O=C1CCC(=O)N1C1CC2CCC(C1)N2C(=O)CC1CCCCC1. The normalized spacial score (nSPS) is 34.2. The van der Waals surface area contributed by atoms with E-state index in [1.165, 1.54) is 37.0 Å². The van der Waals surface area contributed by atoms with Crippen LogP contribution in [0.3, 0.4) is 0 Å². The summed E-state index contributed by atoms with van der Waals surface area (Å²) < 4.78 is 0. The number of piperidine rings is 1. The van der Waals surface area contributed by atoms with Crippen LogP contribution in [0.2, 0.25) is 0 Å². The summed E-state index contributed by atoms with van der Waals surface area (Å²) in [6.45, 7) is 0. The van der Waals surface area contributed by atoms with E-state index in [2.05, 4.69) is 4.90 Å². The minimum atomic E-state index is -0.00798. The summed E-state index contributed by atoms with van der Waals surface area (Å²) >= 11 is 0. The Bertz CT molecular complexity index is 511. The Morgan fingerprint density at radius 2 is 1.42 bits per heavy atom. The molecular formula is C19H28N2O3. The topological polar surface area (TPSA) is 57.7 Å². The third kappa shape index (κ3) is 2.86. The van der Waals surface area contributed by atoms with E-state index in [4.69, 9.17) is 0 Å². The second-order valence-electron chi connectivity index (χ2n) is 8.18. The Morgan fingerprint density at radius 1 is 0.833 bits per heavy atom. The van der Waals surface area contributed by atoms with E-state index in [9.17, 15) is 14.4 Å². The van der Waals surface area contributed by atoms with E-state index in [1.54, 1.807) is 0 Å². The van der Waals surface area contributed by atoms with Crippen LogP contribution < -0.4 is 0 Å². The van der Waals surface area contributed by atoms with Crippen molar-refractivity contribution in [2.45, 2.75) is 95.2 Å². The predicted octanol–water partition coefficient (Wildman–Crippen LogP) is 2.63. The molecule has 3 aliphatic heterocycles. The Kier molecular flexibility index (Phi) is 4.35. The molecule has 0 N–H and O–H groups in total. The average Bonchev–Trinajstić information content (AvgIpc) is 3.05. The lowest BCUT2D eigenvalue weighted by Gasteiger charge is -2.42. The molecule has 4 fully saturated rings.